The number of carbonyl (C=O) groups is 2. The Labute approximate surface area is 163 Å². The van der Waals surface area contributed by atoms with Crippen LogP contribution in [0.4, 0.5) is 9.18 Å². The zero-order valence-electron chi connectivity index (χ0n) is 16.0. The molecule has 1 aromatic heterocycles. The van der Waals surface area contributed by atoms with Gasteiger partial charge in [-0.05, 0) is 42.7 Å². The monoisotopic (exact) mass is 385 g/mol. The SMILES string of the molecule is COC(=O)N1CCC(C(=O)N(C)C(c2ccc(F)cc2)c2ccccn2)CC1. The van der Waals surface area contributed by atoms with Gasteiger partial charge in [0.15, 0.2) is 0 Å². The number of carbonyl (C=O) groups excluding carboxylic acids is 2. The molecule has 1 aliphatic rings. The highest BCUT2D eigenvalue weighted by atomic mass is 19.1. The molecule has 0 aliphatic carbocycles. The van der Waals surface area contributed by atoms with E-state index in [-0.39, 0.29) is 23.7 Å². The van der Waals surface area contributed by atoms with Crippen LogP contribution in [0.2, 0.25) is 0 Å². The molecule has 1 saturated heterocycles. The summed E-state index contributed by atoms with van der Waals surface area (Å²) < 4.78 is 18.1. The van der Waals surface area contributed by atoms with Gasteiger partial charge in [0.1, 0.15) is 5.82 Å². The van der Waals surface area contributed by atoms with Crippen LogP contribution in [0.1, 0.15) is 30.1 Å². The first-order chi connectivity index (χ1) is 13.5. The molecule has 1 unspecified atom stereocenters. The van der Waals surface area contributed by atoms with Crippen molar-refractivity contribution in [3.63, 3.8) is 0 Å². The van der Waals surface area contributed by atoms with Crippen LogP contribution in [-0.2, 0) is 9.53 Å². The summed E-state index contributed by atoms with van der Waals surface area (Å²) in [5.74, 6) is -0.519. The Bertz CT molecular complexity index is 805. The minimum Gasteiger partial charge on any atom is -0.453 e. The Morgan fingerprint density at radius 3 is 2.43 bits per heavy atom. The number of ether oxygens (including phenoxy) is 1. The standard InChI is InChI=1S/C21H24FN3O3/c1-24(20(26)16-10-13-25(14-11-16)21(27)28-2)19(18-5-3-4-12-23-18)15-6-8-17(22)9-7-15/h3-9,12,16,19H,10-11,13-14H2,1-2H3. The molecule has 28 heavy (non-hydrogen) atoms. The lowest BCUT2D eigenvalue weighted by Crippen LogP contribution is -2.44. The second kappa shape index (κ2) is 8.82. The van der Waals surface area contributed by atoms with Crippen molar-refractivity contribution in [3.05, 3.63) is 65.7 Å². The second-order valence-electron chi connectivity index (χ2n) is 6.89. The summed E-state index contributed by atoms with van der Waals surface area (Å²) in [5.41, 5.74) is 1.51. The number of pyridine rings is 1. The average molecular weight is 385 g/mol. The van der Waals surface area contributed by atoms with Crippen molar-refractivity contribution < 1.29 is 18.7 Å². The molecule has 1 atom stereocenters. The number of benzene rings is 1. The number of likely N-dealkylation sites (tertiary alicyclic amines) is 1. The molecule has 3 rings (SSSR count). The van der Waals surface area contributed by atoms with Crippen LogP contribution in [0.25, 0.3) is 0 Å². The molecular formula is C21H24FN3O3. The minimum atomic E-state index is -0.409. The molecule has 7 heteroatoms. The molecule has 2 heterocycles. The molecular weight excluding hydrogens is 361 g/mol. The van der Waals surface area contributed by atoms with Gasteiger partial charge >= 0.3 is 6.09 Å². The van der Waals surface area contributed by atoms with Gasteiger partial charge < -0.3 is 14.5 Å². The summed E-state index contributed by atoms with van der Waals surface area (Å²) in [4.78, 5) is 32.5. The molecule has 2 amide bonds. The van der Waals surface area contributed by atoms with E-state index in [4.69, 9.17) is 4.74 Å². The van der Waals surface area contributed by atoms with Gasteiger partial charge in [-0.1, -0.05) is 18.2 Å². The maximum absolute atomic E-state index is 13.4. The summed E-state index contributed by atoms with van der Waals surface area (Å²) in [7, 11) is 3.10. The first-order valence-corrected chi connectivity index (χ1v) is 9.27. The fraction of sp³-hybridized carbons (Fsp3) is 0.381. The van der Waals surface area contributed by atoms with Crippen molar-refractivity contribution in [2.24, 2.45) is 5.92 Å². The van der Waals surface area contributed by atoms with Gasteiger partial charge in [-0.2, -0.15) is 0 Å². The Morgan fingerprint density at radius 2 is 1.86 bits per heavy atom. The van der Waals surface area contributed by atoms with Crippen molar-refractivity contribution in [2.45, 2.75) is 18.9 Å². The van der Waals surface area contributed by atoms with E-state index < -0.39 is 6.04 Å². The molecule has 6 nitrogen and oxygen atoms in total. The number of halogens is 1. The summed E-state index contributed by atoms with van der Waals surface area (Å²) in [6, 6.07) is 11.3. The minimum absolute atomic E-state index is 0.00973. The fourth-order valence-electron chi connectivity index (χ4n) is 3.63. The Morgan fingerprint density at radius 1 is 1.18 bits per heavy atom. The number of piperidine rings is 1. The molecule has 1 aromatic carbocycles. The van der Waals surface area contributed by atoms with Gasteiger partial charge in [0.05, 0.1) is 18.8 Å². The van der Waals surface area contributed by atoms with E-state index in [0.717, 1.165) is 11.3 Å². The number of amides is 2. The number of aromatic nitrogens is 1. The topological polar surface area (TPSA) is 62.7 Å². The van der Waals surface area contributed by atoms with Crippen LogP contribution in [0.15, 0.2) is 48.7 Å². The van der Waals surface area contributed by atoms with Crippen molar-refractivity contribution in [3.8, 4) is 0 Å². The molecule has 2 aromatic rings. The normalized spacial score (nSPS) is 15.8. The third-order valence-corrected chi connectivity index (χ3v) is 5.17. The fourth-order valence-corrected chi connectivity index (χ4v) is 3.63. The van der Waals surface area contributed by atoms with Crippen LogP contribution < -0.4 is 0 Å². The molecule has 0 N–H and O–H groups in total. The molecule has 1 aliphatic heterocycles. The Kier molecular flexibility index (Phi) is 6.23. The lowest BCUT2D eigenvalue weighted by molar-refractivity contribution is -0.137. The van der Waals surface area contributed by atoms with Gasteiger partial charge in [0, 0.05) is 32.3 Å². The summed E-state index contributed by atoms with van der Waals surface area (Å²) >= 11 is 0. The van der Waals surface area contributed by atoms with Crippen molar-refractivity contribution >= 4 is 12.0 Å². The van der Waals surface area contributed by atoms with E-state index in [1.807, 2.05) is 18.2 Å². The van der Waals surface area contributed by atoms with Crippen molar-refractivity contribution in [1.29, 1.82) is 0 Å². The van der Waals surface area contributed by atoms with E-state index >= 15 is 0 Å². The van der Waals surface area contributed by atoms with Crippen LogP contribution in [0, 0.1) is 11.7 Å². The lowest BCUT2D eigenvalue weighted by Gasteiger charge is -2.35. The lowest BCUT2D eigenvalue weighted by atomic mass is 9.93. The second-order valence-corrected chi connectivity index (χ2v) is 6.89. The quantitative estimate of drug-likeness (QED) is 0.811. The number of rotatable bonds is 4. The van der Waals surface area contributed by atoms with Crippen LogP contribution in [0.5, 0.6) is 0 Å². The molecule has 0 spiro atoms. The van der Waals surface area contributed by atoms with Gasteiger partial charge in [0.25, 0.3) is 0 Å². The molecule has 0 saturated carbocycles. The smallest absolute Gasteiger partial charge is 0.409 e. The van der Waals surface area contributed by atoms with Gasteiger partial charge in [-0.15, -0.1) is 0 Å². The van der Waals surface area contributed by atoms with E-state index in [9.17, 15) is 14.0 Å². The summed E-state index contributed by atoms with van der Waals surface area (Å²) in [5, 5.41) is 0. The average Bonchev–Trinajstić information content (AvgIpc) is 2.75. The largest absolute Gasteiger partial charge is 0.453 e. The predicted octanol–water partition coefficient (Wildman–Crippen LogP) is 3.25. The maximum Gasteiger partial charge on any atom is 0.409 e. The maximum atomic E-state index is 13.4. The number of hydrogen-bond donors (Lipinski definition) is 0. The number of nitrogens with zero attached hydrogens (tertiary/aromatic N) is 3. The van der Waals surface area contributed by atoms with Gasteiger partial charge in [-0.3, -0.25) is 9.78 Å². The summed E-state index contributed by atoms with van der Waals surface area (Å²) in [6.45, 7) is 0.976. The molecule has 0 bridgehead atoms. The first kappa shape index (κ1) is 19.8. The van der Waals surface area contributed by atoms with Crippen LogP contribution in [0.3, 0.4) is 0 Å². The van der Waals surface area contributed by atoms with E-state index in [0.29, 0.717) is 25.9 Å². The summed E-state index contributed by atoms with van der Waals surface area (Å²) in [6.07, 6.45) is 2.48. The Balaban J connectivity index is 1.79. The molecule has 148 valence electrons. The van der Waals surface area contributed by atoms with Crippen molar-refractivity contribution in [2.75, 3.05) is 27.2 Å². The number of hydrogen-bond acceptors (Lipinski definition) is 4. The van der Waals surface area contributed by atoms with E-state index in [1.54, 1.807) is 35.2 Å². The predicted molar refractivity (Wildman–Crippen MR) is 102 cm³/mol. The Hall–Kier alpha value is -2.96. The first-order valence-electron chi connectivity index (χ1n) is 9.27. The van der Waals surface area contributed by atoms with E-state index in [1.165, 1.54) is 19.2 Å². The third kappa shape index (κ3) is 4.30. The number of methoxy groups -OCH3 is 1. The van der Waals surface area contributed by atoms with Crippen molar-refractivity contribution in [1.82, 2.24) is 14.8 Å². The van der Waals surface area contributed by atoms with E-state index in [2.05, 4.69) is 4.98 Å². The zero-order chi connectivity index (χ0) is 20.1. The van der Waals surface area contributed by atoms with Crippen LogP contribution in [-0.4, -0.2) is 54.0 Å². The van der Waals surface area contributed by atoms with Crippen LogP contribution >= 0.6 is 0 Å². The van der Waals surface area contributed by atoms with Gasteiger partial charge in [0.2, 0.25) is 5.91 Å². The molecule has 1 fully saturated rings. The highest BCUT2D eigenvalue weighted by Gasteiger charge is 2.33. The zero-order valence-corrected chi connectivity index (χ0v) is 16.0. The molecule has 0 radical (unpaired) electrons. The highest BCUT2D eigenvalue weighted by Crippen LogP contribution is 2.30. The third-order valence-electron chi connectivity index (χ3n) is 5.17. The highest BCUT2D eigenvalue weighted by molar-refractivity contribution is 5.80. The van der Waals surface area contributed by atoms with Gasteiger partial charge in [-0.25, -0.2) is 9.18 Å².